The van der Waals surface area contributed by atoms with Gasteiger partial charge in [0.1, 0.15) is 5.82 Å². The van der Waals surface area contributed by atoms with Crippen LogP contribution in [-0.2, 0) is 10.0 Å². The third kappa shape index (κ3) is 4.17. The Kier molecular flexibility index (Phi) is 5.97. The number of nitrogens with zero attached hydrogens (tertiary/aromatic N) is 3. The summed E-state index contributed by atoms with van der Waals surface area (Å²) in [6, 6.07) is 14.2. The zero-order valence-corrected chi connectivity index (χ0v) is 19.7. The van der Waals surface area contributed by atoms with Gasteiger partial charge in [0.25, 0.3) is 5.91 Å². The Hall–Kier alpha value is -2.71. The SMILES string of the molecule is CN(C1CCCCC1)S(=O)(=O)c1ccc(C(=O)N2CCC[C@H]2c2nc3ccccc3[nH]2)cc1. The van der Waals surface area contributed by atoms with Crippen LogP contribution < -0.4 is 0 Å². The summed E-state index contributed by atoms with van der Waals surface area (Å²) in [6.07, 6.45) is 6.89. The van der Waals surface area contributed by atoms with E-state index in [4.69, 9.17) is 4.98 Å². The average molecular weight is 467 g/mol. The molecule has 0 spiro atoms. The van der Waals surface area contributed by atoms with E-state index in [1.807, 2.05) is 29.2 Å². The molecule has 2 heterocycles. The van der Waals surface area contributed by atoms with Gasteiger partial charge >= 0.3 is 0 Å². The van der Waals surface area contributed by atoms with Crippen LogP contribution in [0.5, 0.6) is 0 Å². The predicted octanol–water partition coefficient (Wildman–Crippen LogP) is 4.49. The van der Waals surface area contributed by atoms with E-state index in [1.165, 1.54) is 10.7 Å². The molecule has 7 nitrogen and oxygen atoms in total. The van der Waals surface area contributed by atoms with Gasteiger partial charge in [0.2, 0.25) is 10.0 Å². The highest BCUT2D eigenvalue weighted by Gasteiger charge is 2.33. The van der Waals surface area contributed by atoms with Gasteiger partial charge in [-0.3, -0.25) is 4.79 Å². The number of aromatic amines is 1. The number of carbonyl (C=O) groups excluding carboxylic acids is 1. The molecule has 174 valence electrons. The molecule has 0 unspecified atom stereocenters. The first-order valence-electron chi connectivity index (χ1n) is 11.8. The Morgan fingerprint density at radius 2 is 1.73 bits per heavy atom. The molecule has 2 aromatic carbocycles. The molecule has 1 amide bonds. The standard InChI is InChI=1S/C25H30N4O3S/c1-28(19-8-3-2-4-9-19)33(31,32)20-15-13-18(14-16-20)25(30)29-17-7-12-23(29)24-26-21-10-5-6-11-22(21)27-24/h5-6,10-11,13-16,19,23H,2-4,7-9,12,17H2,1H3,(H,26,27)/t23-/m0/s1. The topological polar surface area (TPSA) is 86.4 Å². The first-order valence-corrected chi connectivity index (χ1v) is 13.2. The lowest BCUT2D eigenvalue weighted by Gasteiger charge is -2.30. The number of fused-ring (bicyclic) bond motifs is 1. The number of para-hydroxylation sites is 2. The minimum absolute atomic E-state index is 0.0548. The molecular weight excluding hydrogens is 436 g/mol. The molecule has 1 aliphatic heterocycles. The van der Waals surface area contributed by atoms with Gasteiger partial charge in [-0.25, -0.2) is 13.4 Å². The van der Waals surface area contributed by atoms with Crippen molar-refractivity contribution in [1.82, 2.24) is 19.2 Å². The monoisotopic (exact) mass is 466 g/mol. The van der Waals surface area contributed by atoms with Crippen molar-refractivity contribution in [3.8, 4) is 0 Å². The van der Waals surface area contributed by atoms with Crippen LogP contribution >= 0.6 is 0 Å². The number of carbonyl (C=O) groups is 1. The second-order valence-corrected chi connectivity index (χ2v) is 11.1. The highest BCUT2D eigenvalue weighted by molar-refractivity contribution is 7.89. The number of benzene rings is 2. The molecule has 1 atom stereocenters. The summed E-state index contributed by atoms with van der Waals surface area (Å²) in [6.45, 7) is 0.658. The van der Waals surface area contributed by atoms with E-state index in [2.05, 4.69) is 4.98 Å². The highest BCUT2D eigenvalue weighted by Crippen LogP contribution is 2.33. The minimum Gasteiger partial charge on any atom is -0.340 e. The molecule has 8 heteroatoms. The van der Waals surface area contributed by atoms with E-state index in [-0.39, 0.29) is 22.9 Å². The van der Waals surface area contributed by atoms with Gasteiger partial charge in [-0.1, -0.05) is 31.4 Å². The van der Waals surface area contributed by atoms with Crippen molar-refractivity contribution in [2.75, 3.05) is 13.6 Å². The Morgan fingerprint density at radius 3 is 2.45 bits per heavy atom. The van der Waals surface area contributed by atoms with Crippen molar-refractivity contribution in [2.45, 2.75) is 61.9 Å². The molecule has 1 aromatic heterocycles. The van der Waals surface area contributed by atoms with Crippen LogP contribution in [0.1, 0.15) is 67.2 Å². The average Bonchev–Trinajstić information content (AvgIpc) is 3.50. The number of H-pyrrole nitrogens is 1. The Morgan fingerprint density at radius 1 is 1.00 bits per heavy atom. The summed E-state index contributed by atoms with van der Waals surface area (Å²) < 4.78 is 27.7. The Labute approximate surface area is 194 Å². The first-order chi connectivity index (χ1) is 15.9. The van der Waals surface area contributed by atoms with Gasteiger partial charge < -0.3 is 9.88 Å². The number of hydrogen-bond acceptors (Lipinski definition) is 4. The molecule has 0 radical (unpaired) electrons. The predicted molar refractivity (Wildman–Crippen MR) is 127 cm³/mol. The van der Waals surface area contributed by atoms with Crippen LogP contribution in [0.15, 0.2) is 53.4 Å². The van der Waals surface area contributed by atoms with Crippen molar-refractivity contribution in [2.24, 2.45) is 0 Å². The number of nitrogens with one attached hydrogen (secondary N) is 1. The van der Waals surface area contributed by atoms with E-state index < -0.39 is 10.0 Å². The van der Waals surface area contributed by atoms with Crippen LogP contribution in [0.25, 0.3) is 11.0 Å². The van der Waals surface area contributed by atoms with Crippen molar-refractivity contribution in [1.29, 1.82) is 0 Å². The van der Waals surface area contributed by atoms with E-state index in [9.17, 15) is 13.2 Å². The third-order valence-corrected chi connectivity index (χ3v) is 9.03. The quantitative estimate of drug-likeness (QED) is 0.600. The fraction of sp³-hybridized carbons (Fsp3) is 0.440. The number of sulfonamides is 1. The maximum Gasteiger partial charge on any atom is 0.254 e. The maximum absolute atomic E-state index is 13.3. The fourth-order valence-corrected chi connectivity index (χ4v) is 6.58. The molecule has 1 saturated heterocycles. The molecule has 33 heavy (non-hydrogen) atoms. The summed E-state index contributed by atoms with van der Waals surface area (Å²) in [5, 5.41) is 0. The van der Waals surface area contributed by atoms with Crippen molar-refractivity contribution in [3.63, 3.8) is 0 Å². The summed E-state index contributed by atoms with van der Waals surface area (Å²) in [7, 11) is -1.90. The zero-order chi connectivity index (χ0) is 23.0. The molecule has 2 fully saturated rings. The molecule has 1 aliphatic carbocycles. The van der Waals surface area contributed by atoms with Gasteiger partial charge in [-0.15, -0.1) is 0 Å². The molecule has 2 aliphatic rings. The number of likely N-dealkylation sites (tertiary alicyclic amines) is 1. The first kappa shape index (κ1) is 22.1. The Bertz CT molecular complexity index is 1210. The smallest absolute Gasteiger partial charge is 0.254 e. The van der Waals surface area contributed by atoms with Gasteiger partial charge in [0, 0.05) is 25.2 Å². The molecule has 3 aromatic rings. The molecule has 5 rings (SSSR count). The molecule has 1 saturated carbocycles. The lowest BCUT2D eigenvalue weighted by molar-refractivity contribution is 0.0730. The molecule has 1 N–H and O–H groups in total. The summed E-state index contributed by atoms with van der Waals surface area (Å²) in [4.78, 5) is 23.4. The summed E-state index contributed by atoms with van der Waals surface area (Å²) >= 11 is 0. The maximum atomic E-state index is 13.3. The van der Waals surface area contributed by atoms with E-state index in [0.717, 1.165) is 55.4 Å². The van der Waals surface area contributed by atoms with Gasteiger partial charge in [-0.05, 0) is 62.1 Å². The van der Waals surface area contributed by atoms with Crippen molar-refractivity contribution in [3.05, 3.63) is 59.9 Å². The van der Waals surface area contributed by atoms with E-state index in [1.54, 1.807) is 31.3 Å². The number of hydrogen-bond donors (Lipinski definition) is 1. The number of amides is 1. The van der Waals surface area contributed by atoms with Crippen LogP contribution in [0, 0.1) is 0 Å². The largest absolute Gasteiger partial charge is 0.340 e. The second kappa shape index (κ2) is 8.91. The van der Waals surface area contributed by atoms with E-state index >= 15 is 0 Å². The minimum atomic E-state index is -3.58. The lowest BCUT2D eigenvalue weighted by atomic mass is 9.96. The van der Waals surface area contributed by atoms with Crippen LogP contribution in [-0.4, -0.2) is 53.1 Å². The zero-order valence-electron chi connectivity index (χ0n) is 18.9. The van der Waals surface area contributed by atoms with Crippen LogP contribution in [0.2, 0.25) is 0 Å². The van der Waals surface area contributed by atoms with Gasteiger partial charge in [0.15, 0.2) is 0 Å². The number of imidazole rings is 1. The molecular formula is C25H30N4O3S. The molecule has 0 bridgehead atoms. The van der Waals surface area contributed by atoms with Crippen molar-refractivity contribution >= 4 is 27.0 Å². The van der Waals surface area contributed by atoms with Gasteiger partial charge in [0.05, 0.1) is 22.0 Å². The summed E-state index contributed by atoms with van der Waals surface area (Å²) in [5.74, 6) is 0.706. The van der Waals surface area contributed by atoms with Crippen LogP contribution in [0.4, 0.5) is 0 Å². The number of rotatable bonds is 5. The summed E-state index contributed by atoms with van der Waals surface area (Å²) in [5.41, 5.74) is 2.35. The van der Waals surface area contributed by atoms with Crippen molar-refractivity contribution < 1.29 is 13.2 Å². The third-order valence-electron chi connectivity index (χ3n) is 7.10. The Balaban J connectivity index is 1.34. The lowest BCUT2D eigenvalue weighted by Crippen LogP contribution is -2.38. The fourth-order valence-electron chi connectivity index (χ4n) is 5.17. The number of aromatic nitrogens is 2. The van der Waals surface area contributed by atoms with E-state index in [0.29, 0.717) is 12.1 Å². The van der Waals surface area contributed by atoms with Gasteiger partial charge in [-0.2, -0.15) is 4.31 Å². The highest BCUT2D eigenvalue weighted by atomic mass is 32.2. The normalized spacial score (nSPS) is 20.1. The van der Waals surface area contributed by atoms with Crippen LogP contribution in [0.3, 0.4) is 0 Å². The second-order valence-electron chi connectivity index (χ2n) is 9.13.